The number of carboxylic acids is 1. The standard InChI is InChI=1S/C17H25N3O4/c1-10-12(11(2)24-18-10)9-19-5-7-20(8-6-19)15(21)13-14(16(22)23)17(13,3)4/h13-14H,5-9H2,1-4H3,(H,22,23). The number of rotatable bonds is 4. The van der Waals surface area contributed by atoms with Gasteiger partial charge < -0.3 is 14.5 Å². The normalized spacial score (nSPS) is 26.4. The van der Waals surface area contributed by atoms with Crippen molar-refractivity contribution in [2.45, 2.75) is 34.2 Å². The molecule has 2 atom stereocenters. The molecule has 1 aromatic rings. The van der Waals surface area contributed by atoms with Gasteiger partial charge in [-0.2, -0.15) is 0 Å². The number of amides is 1. The van der Waals surface area contributed by atoms with Gasteiger partial charge in [-0.25, -0.2) is 0 Å². The highest BCUT2D eigenvalue weighted by Crippen LogP contribution is 2.59. The highest BCUT2D eigenvalue weighted by molar-refractivity contribution is 5.91. The highest BCUT2D eigenvalue weighted by atomic mass is 16.5. The van der Waals surface area contributed by atoms with Crippen LogP contribution in [0.25, 0.3) is 0 Å². The van der Waals surface area contributed by atoms with Crippen LogP contribution in [0.5, 0.6) is 0 Å². The topological polar surface area (TPSA) is 86.9 Å². The Morgan fingerprint density at radius 3 is 2.29 bits per heavy atom. The van der Waals surface area contributed by atoms with Crippen molar-refractivity contribution in [1.29, 1.82) is 0 Å². The zero-order chi connectivity index (χ0) is 17.6. The van der Waals surface area contributed by atoms with Gasteiger partial charge in [0.25, 0.3) is 0 Å². The van der Waals surface area contributed by atoms with Gasteiger partial charge in [-0.05, 0) is 19.3 Å². The SMILES string of the molecule is Cc1noc(C)c1CN1CCN(C(=O)C2C(C(=O)O)C2(C)C)CC1. The molecule has 7 nitrogen and oxygen atoms in total. The third kappa shape index (κ3) is 2.81. The number of carbonyl (C=O) groups excluding carboxylic acids is 1. The van der Waals surface area contributed by atoms with Crippen LogP contribution in [0.3, 0.4) is 0 Å². The molecule has 7 heteroatoms. The lowest BCUT2D eigenvalue weighted by molar-refractivity contribution is -0.142. The molecule has 0 bridgehead atoms. The lowest BCUT2D eigenvalue weighted by Gasteiger charge is -2.35. The molecular weight excluding hydrogens is 310 g/mol. The average Bonchev–Trinajstić information content (AvgIpc) is 2.99. The van der Waals surface area contributed by atoms with Gasteiger partial charge in [0.2, 0.25) is 5.91 Å². The van der Waals surface area contributed by atoms with E-state index in [1.165, 1.54) is 0 Å². The molecule has 0 spiro atoms. The molecule has 132 valence electrons. The number of carbonyl (C=O) groups is 2. The van der Waals surface area contributed by atoms with Crippen LogP contribution in [0, 0.1) is 31.1 Å². The van der Waals surface area contributed by atoms with Crippen LogP contribution in [0.4, 0.5) is 0 Å². The van der Waals surface area contributed by atoms with Crippen molar-refractivity contribution in [1.82, 2.24) is 15.0 Å². The summed E-state index contributed by atoms with van der Waals surface area (Å²) in [4.78, 5) is 28.0. The van der Waals surface area contributed by atoms with Crippen molar-refractivity contribution in [3.05, 3.63) is 17.0 Å². The second-order valence-corrected chi connectivity index (χ2v) is 7.52. The molecule has 1 saturated heterocycles. The van der Waals surface area contributed by atoms with Crippen molar-refractivity contribution in [2.24, 2.45) is 17.3 Å². The second kappa shape index (κ2) is 5.88. The third-order valence-electron chi connectivity index (χ3n) is 5.61. The molecule has 1 aliphatic heterocycles. The molecule has 0 radical (unpaired) electrons. The monoisotopic (exact) mass is 335 g/mol. The van der Waals surface area contributed by atoms with Crippen LogP contribution in [0.2, 0.25) is 0 Å². The van der Waals surface area contributed by atoms with Crippen LogP contribution >= 0.6 is 0 Å². The fourth-order valence-electron chi connectivity index (χ4n) is 3.83. The minimum Gasteiger partial charge on any atom is -0.481 e. The van der Waals surface area contributed by atoms with E-state index < -0.39 is 17.3 Å². The molecule has 1 N–H and O–H groups in total. The molecule has 2 aliphatic rings. The highest BCUT2D eigenvalue weighted by Gasteiger charge is 2.66. The van der Waals surface area contributed by atoms with E-state index in [1.54, 1.807) is 0 Å². The van der Waals surface area contributed by atoms with E-state index in [9.17, 15) is 14.7 Å². The van der Waals surface area contributed by atoms with E-state index in [0.717, 1.165) is 36.7 Å². The van der Waals surface area contributed by atoms with E-state index >= 15 is 0 Å². The quantitative estimate of drug-likeness (QED) is 0.892. The van der Waals surface area contributed by atoms with E-state index in [2.05, 4.69) is 10.1 Å². The number of aliphatic carboxylic acids is 1. The van der Waals surface area contributed by atoms with Gasteiger partial charge in [0.05, 0.1) is 17.5 Å². The van der Waals surface area contributed by atoms with Crippen molar-refractivity contribution in [3.8, 4) is 0 Å². The molecule has 1 aliphatic carbocycles. The first-order valence-electron chi connectivity index (χ1n) is 8.39. The predicted octanol–water partition coefficient (Wildman–Crippen LogP) is 1.29. The maximum atomic E-state index is 12.6. The maximum absolute atomic E-state index is 12.6. The Balaban J connectivity index is 1.56. The minimum absolute atomic E-state index is 0.00983. The maximum Gasteiger partial charge on any atom is 0.307 e. The van der Waals surface area contributed by atoms with Crippen LogP contribution in [0.15, 0.2) is 4.52 Å². The first kappa shape index (κ1) is 17.0. The summed E-state index contributed by atoms with van der Waals surface area (Å²) in [7, 11) is 0. The first-order valence-corrected chi connectivity index (χ1v) is 8.39. The summed E-state index contributed by atoms with van der Waals surface area (Å²) in [5, 5.41) is 13.2. The van der Waals surface area contributed by atoms with E-state index in [0.29, 0.717) is 13.1 Å². The predicted molar refractivity (Wildman–Crippen MR) is 86.2 cm³/mol. The van der Waals surface area contributed by atoms with Gasteiger partial charge in [0, 0.05) is 38.3 Å². The number of aromatic nitrogens is 1. The van der Waals surface area contributed by atoms with Crippen LogP contribution < -0.4 is 0 Å². The zero-order valence-corrected chi connectivity index (χ0v) is 14.7. The Morgan fingerprint density at radius 1 is 1.21 bits per heavy atom. The van der Waals surface area contributed by atoms with Crippen molar-refractivity contribution >= 4 is 11.9 Å². The van der Waals surface area contributed by atoms with E-state index in [4.69, 9.17) is 4.52 Å². The number of nitrogens with zero attached hydrogens (tertiary/aromatic N) is 3. The minimum atomic E-state index is -0.865. The Kier molecular flexibility index (Phi) is 4.15. The molecule has 1 amide bonds. The smallest absolute Gasteiger partial charge is 0.307 e. The number of hydrogen-bond acceptors (Lipinski definition) is 5. The molecule has 2 unspecified atom stereocenters. The molecular formula is C17H25N3O4. The van der Waals surface area contributed by atoms with Crippen LogP contribution in [-0.2, 0) is 16.1 Å². The molecule has 2 heterocycles. The molecule has 3 rings (SSSR count). The van der Waals surface area contributed by atoms with Crippen LogP contribution in [-0.4, -0.2) is 58.1 Å². The molecule has 2 fully saturated rings. The fourth-order valence-corrected chi connectivity index (χ4v) is 3.83. The van der Waals surface area contributed by atoms with E-state index in [1.807, 2.05) is 32.6 Å². The van der Waals surface area contributed by atoms with E-state index in [-0.39, 0.29) is 11.8 Å². The van der Waals surface area contributed by atoms with Gasteiger partial charge in [0.1, 0.15) is 5.76 Å². The number of carboxylic acid groups (broad SMARTS) is 1. The molecule has 1 saturated carbocycles. The Labute approximate surface area is 141 Å². The van der Waals surface area contributed by atoms with Gasteiger partial charge in [-0.1, -0.05) is 19.0 Å². The lowest BCUT2D eigenvalue weighted by Crippen LogP contribution is -2.49. The summed E-state index contributed by atoms with van der Waals surface area (Å²) < 4.78 is 5.20. The Morgan fingerprint density at radius 2 is 1.83 bits per heavy atom. The number of aryl methyl sites for hydroxylation is 2. The van der Waals surface area contributed by atoms with Gasteiger partial charge in [-0.15, -0.1) is 0 Å². The second-order valence-electron chi connectivity index (χ2n) is 7.52. The molecule has 1 aromatic heterocycles. The fraction of sp³-hybridized carbons (Fsp3) is 0.706. The lowest BCUT2D eigenvalue weighted by atomic mass is 10.1. The van der Waals surface area contributed by atoms with Crippen molar-refractivity contribution in [2.75, 3.05) is 26.2 Å². The Hall–Kier alpha value is -1.89. The summed E-state index contributed by atoms with van der Waals surface area (Å²) >= 11 is 0. The summed E-state index contributed by atoms with van der Waals surface area (Å²) in [6.07, 6.45) is 0. The van der Waals surface area contributed by atoms with Crippen LogP contribution in [0.1, 0.15) is 30.9 Å². The Bertz CT molecular complexity index is 639. The summed E-state index contributed by atoms with van der Waals surface area (Å²) in [6, 6.07) is 0. The summed E-state index contributed by atoms with van der Waals surface area (Å²) in [6.45, 7) is 11.2. The van der Waals surface area contributed by atoms with Gasteiger partial charge >= 0.3 is 5.97 Å². The van der Waals surface area contributed by atoms with Gasteiger partial charge in [-0.3, -0.25) is 14.5 Å². The zero-order valence-electron chi connectivity index (χ0n) is 14.7. The average molecular weight is 335 g/mol. The summed E-state index contributed by atoms with van der Waals surface area (Å²) in [5.74, 6) is -0.968. The van der Waals surface area contributed by atoms with Gasteiger partial charge in [0.15, 0.2) is 0 Å². The van der Waals surface area contributed by atoms with Crippen molar-refractivity contribution < 1.29 is 19.2 Å². The first-order chi connectivity index (χ1) is 11.2. The third-order valence-corrected chi connectivity index (χ3v) is 5.61. The summed E-state index contributed by atoms with van der Waals surface area (Å²) in [5.41, 5.74) is 1.59. The number of piperazine rings is 1. The number of hydrogen-bond donors (Lipinski definition) is 1. The molecule has 24 heavy (non-hydrogen) atoms. The largest absolute Gasteiger partial charge is 0.481 e. The van der Waals surface area contributed by atoms with Crippen molar-refractivity contribution in [3.63, 3.8) is 0 Å². The molecule has 0 aromatic carbocycles.